The molecule has 0 atom stereocenters. The number of hydrogen-bond acceptors (Lipinski definition) is 4. The van der Waals surface area contributed by atoms with Crippen LogP contribution in [0.25, 0.3) is 11.1 Å². The average Bonchev–Trinajstić information content (AvgIpc) is 2.69. The van der Waals surface area contributed by atoms with Gasteiger partial charge in [-0.2, -0.15) is 0 Å². The van der Waals surface area contributed by atoms with Crippen molar-refractivity contribution >= 4 is 12.3 Å². The van der Waals surface area contributed by atoms with E-state index >= 15 is 0 Å². The van der Waals surface area contributed by atoms with E-state index in [-0.39, 0.29) is 6.42 Å². The minimum absolute atomic E-state index is 0.108. The standard InChI is InChI=1S/C22H25O5/c23-15-3-5-17-27-21-13-9-19(10-14-21)18-7-11-20(12-8-18)26-16-4-1-2-6-22(24)25/h7-15H,1-6,16-17H2. The first-order valence-corrected chi connectivity index (χ1v) is 9.28. The van der Waals surface area contributed by atoms with Gasteiger partial charge in [-0.25, -0.2) is 9.90 Å². The molecule has 0 N–H and O–H groups in total. The highest BCUT2D eigenvalue weighted by atomic mass is 16.5. The number of benzene rings is 2. The summed E-state index contributed by atoms with van der Waals surface area (Å²) in [4.78, 5) is 20.6. The molecule has 1 radical (unpaired) electrons. The van der Waals surface area contributed by atoms with Gasteiger partial charge in [-0.05, 0) is 61.1 Å². The molecule has 0 unspecified atom stereocenters. The molecule has 2 aromatic rings. The smallest absolute Gasteiger partial charge is 0.355 e. The van der Waals surface area contributed by atoms with Crippen molar-refractivity contribution in [3.8, 4) is 22.6 Å². The van der Waals surface area contributed by atoms with Crippen molar-refractivity contribution in [2.75, 3.05) is 13.2 Å². The summed E-state index contributed by atoms with van der Waals surface area (Å²) in [6.45, 7) is 1.11. The summed E-state index contributed by atoms with van der Waals surface area (Å²) in [5.74, 6) is 0.598. The van der Waals surface area contributed by atoms with Crippen LogP contribution in [0.3, 0.4) is 0 Å². The maximum Gasteiger partial charge on any atom is 0.355 e. The summed E-state index contributed by atoms with van der Waals surface area (Å²) in [5, 5.41) is 10.3. The molecule has 5 heteroatoms. The molecule has 0 amide bonds. The second-order valence-electron chi connectivity index (χ2n) is 6.24. The molecule has 0 aromatic heterocycles. The first-order chi connectivity index (χ1) is 13.2. The third-order valence-corrected chi connectivity index (χ3v) is 4.07. The van der Waals surface area contributed by atoms with Crippen molar-refractivity contribution in [3.63, 3.8) is 0 Å². The van der Waals surface area contributed by atoms with Gasteiger partial charge in [-0.15, -0.1) is 0 Å². The van der Waals surface area contributed by atoms with Crippen LogP contribution < -0.4 is 9.47 Å². The number of carbonyl (C=O) groups excluding carboxylic acids is 2. The van der Waals surface area contributed by atoms with E-state index in [0.29, 0.717) is 26.1 Å². The Bertz CT molecular complexity index is 692. The van der Waals surface area contributed by atoms with Crippen LogP contribution in [-0.2, 0) is 14.7 Å². The average molecular weight is 369 g/mol. The van der Waals surface area contributed by atoms with E-state index in [0.717, 1.165) is 48.2 Å². The van der Waals surface area contributed by atoms with Gasteiger partial charge < -0.3 is 14.3 Å². The molecular formula is C22H25O5. The lowest BCUT2D eigenvalue weighted by molar-refractivity contribution is -0.143. The third kappa shape index (κ3) is 7.94. The van der Waals surface area contributed by atoms with E-state index in [2.05, 4.69) is 0 Å². The van der Waals surface area contributed by atoms with Crippen LogP contribution in [0.1, 0.15) is 38.5 Å². The Kier molecular flexibility index (Phi) is 8.90. The molecule has 2 aromatic carbocycles. The van der Waals surface area contributed by atoms with Gasteiger partial charge in [-0.1, -0.05) is 24.3 Å². The van der Waals surface area contributed by atoms with Crippen LogP contribution in [0.4, 0.5) is 0 Å². The first-order valence-electron chi connectivity index (χ1n) is 9.28. The van der Waals surface area contributed by atoms with Gasteiger partial charge in [0.2, 0.25) is 0 Å². The Morgan fingerprint density at radius 3 is 1.74 bits per heavy atom. The summed E-state index contributed by atoms with van der Waals surface area (Å²) < 4.78 is 11.3. The molecule has 2 rings (SSSR count). The molecule has 27 heavy (non-hydrogen) atoms. The van der Waals surface area contributed by atoms with Crippen LogP contribution in [0.5, 0.6) is 11.5 Å². The minimum Gasteiger partial charge on any atom is -0.494 e. The molecule has 0 aliphatic rings. The number of ether oxygens (including phenoxy) is 2. The summed E-state index contributed by atoms with van der Waals surface area (Å²) in [7, 11) is 0. The van der Waals surface area contributed by atoms with Crippen LogP contribution in [0.15, 0.2) is 48.5 Å². The molecule has 0 saturated carbocycles. The van der Waals surface area contributed by atoms with Gasteiger partial charge >= 0.3 is 5.97 Å². The fraction of sp³-hybridized carbons (Fsp3) is 0.364. The summed E-state index contributed by atoms with van der Waals surface area (Å²) in [6.07, 6.45) is 4.52. The number of rotatable bonds is 13. The fourth-order valence-corrected chi connectivity index (χ4v) is 2.58. The zero-order valence-electron chi connectivity index (χ0n) is 15.4. The van der Waals surface area contributed by atoms with Gasteiger partial charge in [0.1, 0.15) is 17.8 Å². The lowest BCUT2D eigenvalue weighted by atomic mass is 10.1. The largest absolute Gasteiger partial charge is 0.494 e. The number of aldehydes is 1. The monoisotopic (exact) mass is 369 g/mol. The van der Waals surface area contributed by atoms with Crippen molar-refractivity contribution in [3.05, 3.63) is 48.5 Å². The zero-order chi connectivity index (χ0) is 19.3. The molecular weight excluding hydrogens is 344 g/mol. The number of carbonyl (C=O) groups is 2. The SMILES string of the molecule is [O]C(=O)CCCCCOc1ccc(-c2ccc(OCCCC=O)cc2)cc1. The topological polar surface area (TPSA) is 72.5 Å². The highest BCUT2D eigenvalue weighted by Gasteiger charge is 2.02. The van der Waals surface area contributed by atoms with E-state index in [1.807, 2.05) is 48.5 Å². The molecule has 0 aliphatic heterocycles. The van der Waals surface area contributed by atoms with Gasteiger partial charge in [0.05, 0.1) is 19.6 Å². The van der Waals surface area contributed by atoms with E-state index in [1.54, 1.807) is 0 Å². The van der Waals surface area contributed by atoms with Gasteiger partial charge in [0.15, 0.2) is 0 Å². The predicted octanol–water partition coefficient (Wildman–Crippen LogP) is 4.61. The van der Waals surface area contributed by atoms with Gasteiger partial charge in [-0.3, -0.25) is 0 Å². The summed E-state index contributed by atoms with van der Waals surface area (Å²) in [5.41, 5.74) is 2.17. The molecule has 143 valence electrons. The van der Waals surface area contributed by atoms with E-state index in [9.17, 15) is 14.7 Å². The predicted molar refractivity (Wildman–Crippen MR) is 102 cm³/mol. The molecule has 0 spiro atoms. The summed E-state index contributed by atoms with van der Waals surface area (Å²) >= 11 is 0. The molecule has 0 saturated heterocycles. The normalized spacial score (nSPS) is 10.4. The third-order valence-electron chi connectivity index (χ3n) is 4.07. The maximum absolute atomic E-state index is 10.3. The zero-order valence-corrected chi connectivity index (χ0v) is 15.4. The quantitative estimate of drug-likeness (QED) is 0.382. The molecule has 5 nitrogen and oxygen atoms in total. The van der Waals surface area contributed by atoms with Gasteiger partial charge in [0, 0.05) is 6.42 Å². The molecule has 0 bridgehead atoms. The van der Waals surface area contributed by atoms with Crippen molar-refractivity contribution in [2.45, 2.75) is 38.5 Å². The Labute approximate surface area is 159 Å². The van der Waals surface area contributed by atoms with Crippen molar-refractivity contribution in [1.82, 2.24) is 0 Å². The Balaban J connectivity index is 1.75. The van der Waals surface area contributed by atoms with Crippen LogP contribution in [-0.4, -0.2) is 25.5 Å². The highest BCUT2D eigenvalue weighted by Crippen LogP contribution is 2.25. The fourth-order valence-electron chi connectivity index (χ4n) is 2.58. The number of unbranched alkanes of at least 4 members (excludes halogenated alkanes) is 3. The van der Waals surface area contributed by atoms with Crippen molar-refractivity contribution in [2.24, 2.45) is 0 Å². The molecule has 0 heterocycles. The number of hydrogen-bond donors (Lipinski definition) is 0. The van der Waals surface area contributed by atoms with Gasteiger partial charge in [0.25, 0.3) is 0 Å². The maximum atomic E-state index is 10.3. The lowest BCUT2D eigenvalue weighted by Crippen LogP contribution is -1.98. The van der Waals surface area contributed by atoms with Crippen LogP contribution >= 0.6 is 0 Å². The van der Waals surface area contributed by atoms with Crippen LogP contribution in [0, 0.1) is 0 Å². The second kappa shape index (κ2) is 11.7. The van der Waals surface area contributed by atoms with Crippen LogP contribution in [0.2, 0.25) is 0 Å². The Morgan fingerprint density at radius 1 is 0.741 bits per heavy atom. The lowest BCUT2D eigenvalue weighted by Gasteiger charge is -2.09. The van der Waals surface area contributed by atoms with Crippen molar-refractivity contribution < 1.29 is 24.2 Å². The summed E-state index contributed by atoms with van der Waals surface area (Å²) in [6, 6.07) is 15.7. The molecule has 0 aliphatic carbocycles. The van der Waals surface area contributed by atoms with E-state index in [1.165, 1.54) is 0 Å². The second-order valence-corrected chi connectivity index (χ2v) is 6.24. The van der Waals surface area contributed by atoms with Crippen molar-refractivity contribution in [1.29, 1.82) is 0 Å². The first kappa shape index (κ1) is 20.5. The Hall–Kier alpha value is -2.82. The molecule has 0 fully saturated rings. The van der Waals surface area contributed by atoms with E-state index < -0.39 is 5.97 Å². The highest BCUT2D eigenvalue weighted by molar-refractivity contribution is 5.66. The Morgan fingerprint density at radius 2 is 1.26 bits per heavy atom. The van der Waals surface area contributed by atoms with E-state index in [4.69, 9.17) is 9.47 Å². The minimum atomic E-state index is -0.996.